The zero-order valence-corrected chi connectivity index (χ0v) is 13.4. The number of benzene rings is 2. The van der Waals surface area contributed by atoms with Gasteiger partial charge in [-0.05, 0) is 34.2 Å². The van der Waals surface area contributed by atoms with Crippen LogP contribution < -0.4 is 5.32 Å². The number of nitrogens with one attached hydrogen (secondary N) is 1. The number of carbonyl (C=O) groups is 1. The predicted octanol–water partition coefficient (Wildman–Crippen LogP) is 2.21. The van der Waals surface area contributed by atoms with Crippen LogP contribution in [-0.4, -0.2) is 31.9 Å². The van der Waals surface area contributed by atoms with Crippen molar-refractivity contribution in [2.45, 2.75) is 11.7 Å². The molecule has 0 radical (unpaired) electrons. The van der Waals surface area contributed by atoms with Crippen molar-refractivity contribution < 1.29 is 9.18 Å². The zero-order valence-electron chi connectivity index (χ0n) is 12.6. The van der Waals surface area contributed by atoms with Crippen molar-refractivity contribution >= 4 is 17.7 Å². The molecule has 0 atom stereocenters. The fraction of sp³-hybridized carbons (Fsp3) is 0.125. The van der Waals surface area contributed by atoms with Gasteiger partial charge in [-0.2, -0.15) is 4.68 Å². The van der Waals surface area contributed by atoms with E-state index in [9.17, 15) is 9.18 Å². The van der Waals surface area contributed by atoms with E-state index >= 15 is 0 Å². The van der Waals surface area contributed by atoms with Crippen LogP contribution in [0.3, 0.4) is 0 Å². The number of tetrazole rings is 1. The monoisotopic (exact) mass is 343 g/mol. The Balaban J connectivity index is 1.57. The van der Waals surface area contributed by atoms with E-state index in [0.717, 1.165) is 5.56 Å². The molecule has 0 spiro atoms. The second kappa shape index (κ2) is 7.69. The molecule has 0 aliphatic rings. The molecule has 0 saturated heterocycles. The fourth-order valence-electron chi connectivity index (χ4n) is 2.02. The van der Waals surface area contributed by atoms with E-state index in [1.807, 2.05) is 30.3 Å². The van der Waals surface area contributed by atoms with Gasteiger partial charge in [0.2, 0.25) is 11.1 Å². The quantitative estimate of drug-likeness (QED) is 0.695. The van der Waals surface area contributed by atoms with Gasteiger partial charge in [-0.1, -0.05) is 48.2 Å². The summed E-state index contributed by atoms with van der Waals surface area (Å²) in [5.74, 6) is -0.333. The van der Waals surface area contributed by atoms with Crippen LogP contribution in [-0.2, 0) is 11.3 Å². The Morgan fingerprint density at radius 1 is 1.17 bits per heavy atom. The van der Waals surface area contributed by atoms with Crippen molar-refractivity contribution in [2.24, 2.45) is 0 Å². The number of rotatable bonds is 6. The average Bonchev–Trinajstić information content (AvgIpc) is 3.08. The molecule has 0 unspecified atom stereocenters. The second-order valence-electron chi connectivity index (χ2n) is 4.90. The summed E-state index contributed by atoms with van der Waals surface area (Å²) in [6.45, 7) is 0.467. The standard InChI is InChI=1S/C16H14FN5OS/c17-13-7-4-8-14(9-13)22-16(19-20-21-22)24-11-15(23)18-10-12-5-2-1-3-6-12/h1-9H,10-11H2,(H,18,23). The fourth-order valence-corrected chi connectivity index (χ4v) is 2.74. The van der Waals surface area contributed by atoms with Crippen LogP contribution in [0.25, 0.3) is 5.69 Å². The third-order valence-corrected chi connectivity index (χ3v) is 4.08. The molecule has 0 saturated carbocycles. The van der Waals surface area contributed by atoms with E-state index in [0.29, 0.717) is 17.4 Å². The molecule has 8 heteroatoms. The van der Waals surface area contributed by atoms with Crippen LogP contribution in [0.2, 0.25) is 0 Å². The van der Waals surface area contributed by atoms with Gasteiger partial charge in [-0.15, -0.1) is 5.10 Å². The Morgan fingerprint density at radius 2 is 2.00 bits per heavy atom. The summed E-state index contributed by atoms with van der Waals surface area (Å²) in [7, 11) is 0. The highest BCUT2D eigenvalue weighted by Crippen LogP contribution is 2.18. The summed E-state index contributed by atoms with van der Waals surface area (Å²) in [4.78, 5) is 11.9. The van der Waals surface area contributed by atoms with E-state index in [-0.39, 0.29) is 17.5 Å². The van der Waals surface area contributed by atoms with Crippen LogP contribution in [0.15, 0.2) is 59.8 Å². The lowest BCUT2D eigenvalue weighted by Gasteiger charge is -2.06. The third-order valence-electron chi connectivity index (χ3n) is 3.16. The van der Waals surface area contributed by atoms with Gasteiger partial charge in [0.15, 0.2) is 0 Å². The van der Waals surface area contributed by atoms with E-state index < -0.39 is 0 Å². The third kappa shape index (κ3) is 4.17. The molecule has 0 aliphatic heterocycles. The normalized spacial score (nSPS) is 10.5. The highest BCUT2D eigenvalue weighted by Gasteiger charge is 2.12. The number of aromatic nitrogens is 4. The number of amides is 1. The topological polar surface area (TPSA) is 72.7 Å². The van der Waals surface area contributed by atoms with Gasteiger partial charge in [0, 0.05) is 6.54 Å². The smallest absolute Gasteiger partial charge is 0.230 e. The van der Waals surface area contributed by atoms with Crippen molar-refractivity contribution in [2.75, 3.05) is 5.75 Å². The molecule has 1 aromatic heterocycles. The molecule has 1 N–H and O–H groups in total. The zero-order chi connectivity index (χ0) is 16.8. The van der Waals surface area contributed by atoms with E-state index in [1.165, 1.54) is 28.6 Å². The van der Waals surface area contributed by atoms with Crippen molar-refractivity contribution in [3.63, 3.8) is 0 Å². The highest BCUT2D eigenvalue weighted by atomic mass is 32.2. The number of thioether (sulfide) groups is 1. The lowest BCUT2D eigenvalue weighted by molar-refractivity contribution is -0.118. The van der Waals surface area contributed by atoms with Crippen molar-refractivity contribution in [3.8, 4) is 5.69 Å². The predicted molar refractivity (Wildman–Crippen MR) is 88.1 cm³/mol. The maximum atomic E-state index is 13.3. The SMILES string of the molecule is O=C(CSc1nnnn1-c1cccc(F)c1)NCc1ccccc1. The first-order chi connectivity index (χ1) is 11.7. The summed E-state index contributed by atoms with van der Waals surface area (Å²) >= 11 is 1.19. The lowest BCUT2D eigenvalue weighted by Crippen LogP contribution is -2.24. The molecular weight excluding hydrogens is 329 g/mol. The minimum atomic E-state index is -0.375. The molecule has 0 fully saturated rings. The summed E-state index contributed by atoms with van der Waals surface area (Å²) in [5, 5.41) is 14.6. The van der Waals surface area contributed by atoms with E-state index in [1.54, 1.807) is 12.1 Å². The Labute approximate surface area is 142 Å². The largest absolute Gasteiger partial charge is 0.351 e. The van der Waals surface area contributed by atoms with Gasteiger partial charge in [0.1, 0.15) is 5.82 Å². The first-order valence-corrected chi connectivity index (χ1v) is 8.19. The van der Waals surface area contributed by atoms with Crippen LogP contribution in [0.4, 0.5) is 4.39 Å². The molecule has 0 aliphatic carbocycles. The number of nitrogens with zero attached hydrogens (tertiary/aromatic N) is 4. The Bertz CT molecular complexity index is 824. The molecular formula is C16H14FN5OS. The molecule has 0 bridgehead atoms. The van der Waals surface area contributed by atoms with Gasteiger partial charge < -0.3 is 5.32 Å². The Morgan fingerprint density at radius 3 is 2.79 bits per heavy atom. The molecule has 1 amide bonds. The van der Waals surface area contributed by atoms with Gasteiger partial charge >= 0.3 is 0 Å². The van der Waals surface area contributed by atoms with Crippen LogP contribution in [0, 0.1) is 5.82 Å². The van der Waals surface area contributed by atoms with Crippen molar-refractivity contribution in [3.05, 3.63) is 66.0 Å². The summed E-state index contributed by atoms with van der Waals surface area (Å²) in [6.07, 6.45) is 0. The number of hydrogen-bond acceptors (Lipinski definition) is 5. The van der Waals surface area contributed by atoms with Crippen LogP contribution in [0.5, 0.6) is 0 Å². The second-order valence-corrected chi connectivity index (χ2v) is 5.85. The average molecular weight is 343 g/mol. The number of carbonyl (C=O) groups excluding carboxylic acids is 1. The van der Waals surface area contributed by atoms with E-state index in [2.05, 4.69) is 20.8 Å². The molecule has 122 valence electrons. The summed E-state index contributed by atoms with van der Waals surface area (Å²) < 4.78 is 14.7. The Hall–Kier alpha value is -2.74. The molecule has 6 nitrogen and oxygen atoms in total. The Kier molecular flexibility index (Phi) is 5.17. The molecule has 24 heavy (non-hydrogen) atoms. The van der Waals surface area contributed by atoms with Crippen LogP contribution >= 0.6 is 11.8 Å². The van der Waals surface area contributed by atoms with Crippen LogP contribution in [0.1, 0.15) is 5.56 Å². The minimum Gasteiger partial charge on any atom is -0.351 e. The molecule has 3 aromatic rings. The maximum absolute atomic E-state index is 13.3. The maximum Gasteiger partial charge on any atom is 0.230 e. The first kappa shape index (κ1) is 16.1. The molecule has 3 rings (SSSR count). The van der Waals surface area contributed by atoms with Crippen molar-refractivity contribution in [1.82, 2.24) is 25.5 Å². The van der Waals surface area contributed by atoms with Gasteiger partial charge in [-0.3, -0.25) is 4.79 Å². The lowest BCUT2D eigenvalue weighted by atomic mass is 10.2. The highest BCUT2D eigenvalue weighted by molar-refractivity contribution is 7.99. The first-order valence-electron chi connectivity index (χ1n) is 7.20. The summed E-state index contributed by atoms with van der Waals surface area (Å²) in [6, 6.07) is 15.6. The number of halogens is 1. The van der Waals surface area contributed by atoms with E-state index in [4.69, 9.17) is 0 Å². The van der Waals surface area contributed by atoms with Crippen molar-refractivity contribution in [1.29, 1.82) is 0 Å². The summed E-state index contributed by atoms with van der Waals surface area (Å²) in [5.41, 5.74) is 1.53. The van der Waals surface area contributed by atoms with Gasteiger partial charge in [-0.25, -0.2) is 4.39 Å². The number of hydrogen-bond donors (Lipinski definition) is 1. The minimum absolute atomic E-state index is 0.127. The van der Waals surface area contributed by atoms with Gasteiger partial charge in [0.05, 0.1) is 11.4 Å². The molecule has 2 aromatic carbocycles. The molecule has 1 heterocycles. The van der Waals surface area contributed by atoms with Gasteiger partial charge in [0.25, 0.3) is 0 Å².